The van der Waals surface area contributed by atoms with Crippen LogP contribution in [-0.4, -0.2) is 34.2 Å². The van der Waals surface area contributed by atoms with E-state index < -0.39 is 17.3 Å². The van der Waals surface area contributed by atoms with Crippen molar-refractivity contribution in [2.45, 2.75) is 51.0 Å². The largest absolute Gasteiger partial charge is 0.416 e. The lowest BCUT2D eigenvalue weighted by atomic mass is 9.84. The SMILES string of the molecule is CC(C)N1CC(=O)N(Cc2ccc(C(F)(F)F)cc2)C2(CCc3ccccc32)C1=O. The van der Waals surface area contributed by atoms with Gasteiger partial charge < -0.3 is 9.80 Å². The lowest BCUT2D eigenvalue weighted by molar-refractivity contribution is -0.168. The zero-order valence-corrected chi connectivity index (χ0v) is 16.9. The van der Waals surface area contributed by atoms with E-state index in [9.17, 15) is 22.8 Å². The van der Waals surface area contributed by atoms with Crippen LogP contribution in [0.5, 0.6) is 0 Å². The molecule has 4 nitrogen and oxygen atoms in total. The molecule has 1 unspecified atom stereocenters. The normalized spacial score (nSPS) is 21.7. The van der Waals surface area contributed by atoms with Crippen molar-refractivity contribution in [1.82, 2.24) is 9.80 Å². The number of rotatable bonds is 3. The molecule has 0 saturated carbocycles. The number of alkyl halides is 3. The van der Waals surface area contributed by atoms with Gasteiger partial charge in [0.05, 0.1) is 5.56 Å². The van der Waals surface area contributed by atoms with E-state index in [0.717, 1.165) is 23.3 Å². The summed E-state index contributed by atoms with van der Waals surface area (Å²) in [4.78, 5) is 30.1. The zero-order chi connectivity index (χ0) is 21.7. The minimum atomic E-state index is -4.42. The molecule has 4 rings (SSSR count). The van der Waals surface area contributed by atoms with E-state index in [4.69, 9.17) is 0 Å². The van der Waals surface area contributed by atoms with Crippen LogP contribution in [-0.2, 0) is 34.3 Å². The van der Waals surface area contributed by atoms with Crippen LogP contribution in [0.1, 0.15) is 42.5 Å². The smallest absolute Gasteiger partial charge is 0.329 e. The zero-order valence-electron chi connectivity index (χ0n) is 16.9. The van der Waals surface area contributed by atoms with Crippen molar-refractivity contribution in [1.29, 1.82) is 0 Å². The molecule has 1 saturated heterocycles. The molecule has 2 aliphatic rings. The molecule has 1 heterocycles. The average Bonchev–Trinajstić information content (AvgIpc) is 3.08. The van der Waals surface area contributed by atoms with Gasteiger partial charge in [0.15, 0.2) is 0 Å². The molecule has 1 aliphatic heterocycles. The lowest BCUT2D eigenvalue weighted by Crippen LogP contribution is -2.66. The van der Waals surface area contributed by atoms with Crippen molar-refractivity contribution < 1.29 is 22.8 Å². The highest BCUT2D eigenvalue weighted by Gasteiger charge is 2.56. The number of carbonyl (C=O) groups excluding carboxylic acids is 2. The third kappa shape index (κ3) is 3.16. The van der Waals surface area contributed by atoms with E-state index in [2.05, 4.69) is 0 Å². The van der Waals surface area contributed by atoms with E-state index in [1.165, 1.54) is 12.1 Å². The molecule has 30 heavy (non-hydrogen) atoms. The molecule has 7 heteroatoms. The highest BCUT2D eigenvalue weighted by atomic mass is 19.4. The van der Waals surface area contributed by atoms with Crippen LogP contribution in [0.15, 0.2) is 48.5 Å². The fraction of sp³-hybridized carbons (Fsp3) is 0.391. The van der Waals surface area contributed by atoms with Gasteiger partial charge in [-0.05, 0) is 55.5 Å². The number of carbonyl (C=O) groups is 2. The first-order valence-electron chi connectivity index (χ1n) is 10.0. The number of nitrogens with zero attached hydrogens (tertiary/aromatic N) is 2. The summed E-state index contributed by atoms with van der Waals surface area (Å²) >= 11 is 0. The number of hydrogen-bond acceptors (Lipinski definition) is 2. The summed E-state index contributed by atoms with van der Waals surface area (Å²) in [6.07, 6.45) is -3.27. The Bertz CT molecular complexity index is 985. The van der Waals surface area contributed by atoms with E-state index >= 15 is 0 Å². The number of hydrogen-bond donors (Lipinski definition) is 0. The highest BCUT2D eigenvalue weighted by Crippen LogP contribution is 2.46. The quantitative estimate of drug-likeness (QED) is 0.755. The minimum absolute atomic E-state index is 0.0267. The Morgan fingerprint density at radius 2 is 1.70 bits per heavy atom. The predicted octanol–water partition coefficient (Wildman–Crippen LogP) is 4.13. The Kier molecular flexibility index (Phi) is 4.87. The topological polar surface area (TPSA) is 40.6 Å². The van der Waals surface area contributed by atoms with Crippen LogP contribution in [0.25, 0.3) is 0 Å². The number of fused-ring (bicyclic) bond motifs is 2. The van der Waals surface area contributed by atoms with E-state index in [-0.39, 0.29) is 30.9 Å². The molecule has 1 atom stereocenters. The maximum Gasteiger partial charge on any atom is 0.416 e. The number of piperazine rings is 1. The third-order valence-corrected chi connectivity index (χ3v) is 6.15. The predicted molar refractivity (Wildman–Crippen MR) is 105 cm³/mol. The van der Waals surface area contributed by atoms with E-state index in [1.807, 2.05) is 38.1 Å². The standard InChI is InChI=1S/C23H23F3N2O2/c1-15(2)27-14-20(29)28(13-16-7-9-18(10-8-16)23(24,25)26)22(21(27)30)12-11-17-5-3-4-6-19(17)22/h3-10,15H,11-14H2,1-2H3. The molecule has 1 aliphatic carbocycles. The lowest BCUT2D eigenvalue weighted by Gasteiger charge is -2.49. The molecular weight excluding hydrogens is 393 g/mol. The molecule has 0 radical (unpaired) electrons. The molecule has 2 aromatic rings. The van der Waals surface area contributed by atoms with Gasteiger partial charge in [0.2, 0.25) is 5.91 Å². The maximum atomic E-state index is 13.7. The van der Waals surface area contributed by atoms with Crippen LogP contribution in [0.4, 0.5) is 13.2 Å². The second-order valence-corrected chi connectivity index (χ2v) is 8.22. The fourth-order valence-electron chi connectivity index (χ4n) is 4.59. The summed E-state index contributed by atoms with van der Waals surface area (Å²) < 4.78 is 38.7. The van der Waals surface area contributed by atoms with Gasteiger partial charge in [0, 0.05) is 12.6 Å². The molecule has 1 spiro atoms. The van der Waals surface area contributed by atoms with E-state index in [1.54, 1.807) is 9.80 Å². The fourth-order valence-corrected chi connectivity index (χ4v) is 4.59. The van der Waals surface area contributed by atoms with E-state index in [0.29, 0.717) is 18.4 Å². The van der Waals surface area contributed by atoms with Crippen molar-refractivity contribution in [3.8, 4) is 0 Å². The molecule has 0 aromatic heterocycles. The maximum absolute atomic E-state index is 13.7. The van der Waals surface area contributed by atoms with Gasteiger partial charge in [-0.15, -0.1) is 0 Å². The molecule has 1 fully saturated rings. The van der Waals surface area contributed by atoms with Gasteiger partial charge in [0.1, 0.15) is 12.1 Å². The summed E-state index contributed by atoms with van der Waals surface area (Å²) in [7, 11) is 0. The number of halogens is 3. The van der Waals surface area contributed by atoms with Crippen LogP contribution >= 0.6 is 0 Å². The van der Waals surface area contributed by atoms with Crippen molar-refractivity contribution >= 4 is 11.8 Å². The number of amides is 2. The molecule has 2 amide bonds. The summed E-state index contributed by atoms with van der Waals surface area (Å²) in [6.45, 7) is 3.82. The number of aryl methyl sites for hydroxylation is 1. The first-order valence-corrected chi connectivity index (χ1v) is 10.0. The molecule has 0 bridgehead atoms. The Morgan fingerprint density at radius 3 is 2.33 bits per heavy atom. The van der Waals surface area contributed by atoms with Gasteiger partial charge >= 0.3 is 6.18 Å². The minimum Gasteiger partial charge on any atom is -0.329 e. The Labute approximate surface area is 173 Å². The summed E-state index contributed by atoms with van der Waals surface area (Å²) in [5.74, 6) is -0.311. The van der Waals surface area contributed by atoms with Crippen LogP contribution in [0.3, 0.4) is 0 Å². The van der Waals surface area contributed by atoms with Gasteiger partial charge in [-0.3, -0.25) is 9.59 Å². The van der Waals surface area contributed by atoms with Crippen molar-refractivity contribution in [2.24, 2.45) is 0 Å². The van der Waals surface area contributed by atoms with Crippen molar-refractivity contribution in [3.63, 3.8) is 0 Å². The molecule has 0 N–H and O–H groups in total. The van der Waals surface area contributed by atoms with Gasteiger partial charge in [-0.25, -0.2) is 0 Å². The van der Waals surface area contributed by atoms with Crippen molar-refractivity contribution in [3.05, 3.63) is 70.8 Å². The molecular formula is C23H23F3N2O2. The first kappa shape index (κ1) is 20.4. The van der Waals surface area contributed by atoms with Crippen LogP contribution in [0, 0.1) is 0 Å². The monoisotopic (exact) mass is 416 g/mol. The molecule has 2 aromatic carbocycles. The highest BCUT2D eigenvalue weighted by molar-refractivity contribution is 5.99. The second kappa shape index (κ2) is 7.15. The van der Waals surface area contributed by atoms with Crippen molar-refractivity contribution in [2.75, 3.05) is 6.54 Å². The Morgan fingerprint density at radius 1 is 1.03 bits per heavy atom. The Balaban J connectivity index is 1.76. The third-order valence-electron chi connectivity index (χ3n) is 6.15. The van der Waals surface area contributed by atoms with Gasteiger partial charge in [0.25, 0.3) is 5.91 Å². The van der Waals surface area contributed by atoms with Crippen LogP contribution in [0.2, 0.25) is 0 Å². The number of benzene rings is 2. The van der Waals surface area contributed by atoms with Gasteiger partial charge in [-0.1, -0.05) is 36.4 Å². The van der Waals surface area contributed by atoms with Crippen LogP contribution < -0.4 is 0 Å². The second-order valence-electron chi connectivity index (χ2n) is 8.22. The summed E-state index contributed by atoms with van der Waals surface area (Å²) in [6, 6.07) is 12.3. The summed E-state index contributed by atoms with van der Waals surface area (Å²) in [5.41, 5.74) is 0.561. The average molecular weight is 416 g/mol. The summed E-state index contributed by atoms with van der Waals surface area (Å²) in [5, 5.41) is 0. The Hall–Kier alpha value is -2.83. The first-order chi connectivity index (χ1) is 14.1. The molecule has 158 valence electrons. The van der Waals surface area contributed by atoms with Gasteiger partial charge in [-0.2, -0.15) is 13.2 Å².